The van der Waals surface area contributed by atoms with Crippen LogP contribution < -0.4 is 4.74 Å². The minimum Gasteiger partial charge on any atom is -0.487 e. The molecule has 0 spiro atoms. The van der Waals surface area contributed by atoms with Crippen LogP contribution in [0.15, 0.2) is 70.6 Å². The highest BCUT2D eigenvalue weighted by atomic mass is 127. The van der Waals surface area contributed by atoms with Gasteiger partial charge in [-0.25, -0.2) is 9.38 Å². The molecule has 3 aromatic carbocycles. The van der Waals surface area contributed by atoms with E-state index >= 15 is 0 Å². The number of hydrogen-bond acceptors (Lipinski definition) is 4. The van der Waals surface area contributed by atoms with Gasteiger partial charge in [0.2, 0.25) is 0 Å². The average Bonchev–Trinajstić information content (AvgIpc) is 3.09. The monoisotopic (exact) mass is 810 g/mol. The van der Waals surface area contributed by atoms with Crippen LogP contribution in [0.5, 0.6) is 5.75 Å². The Hall–Kier alpha value is -1.19. The lowest BCUT2D eigenvalue weighted by Gasteiger charge is -2.12. The van der Waals surface area contributed by atoms with Crippen molar-refractivity contribution in [3.8, 4) is 5.75 Å². The van der Waals surface area contributed by atoms with Crippen LogP contribution in [0.1, 0.15) is 18.1 Å². The van der Waals surface area contributed by atoms with E-state index in [1.165, 1.54) is 27.5 Å². The SMILES string of the molecule is CCN1C(=O)/C(=C\c2cc(I)c(OCc3ccc(I)cc3)c(I)c2)SC1=Nc1ccc(F)cc1. The lowest BCUT2D eigenvalue weighted by molar-refractivity contribution is -0.122. The zero-order chi connectivity index (χ0) is 24.2. The Morgan fingerprint density at radius 3 is 2.29 bits per heavy atom. The number of hydrogen-bond donors (Lipinski definition) is 0. The summed E-state index contributed by atoms with van der Waals surface area (Å²) in [5, 5.41) is 0.590. The maximum atomic E-state index is 13.2. The predicted octanol–water partition coefficient (Wildman–Crippen LogP) is 7.84. The first-order chi connectivity index (χ1) is 16.3. The molecule has 0 radical (unpaired) electrons. The maximum Gasteiger partial charge on any atom is 0.266 e. The van der Waals surface area contributed by atoms with Gasteiger partial charge in [0.05, 0.1) is 17.7 Å². The minimum absolute atomic E-state index is 0.0857. The van der Waals surface area contributed by atoms with Gasteiger partial charge in [-0.15, -0.1) is 0 Å². The van der Waals surface area contributed by atoms with Gasteiger partial charge >= 0.3 is 0 Å². The molecule has 1 amide bonds. The number of likely N-dealkylation sites (N-methyl/N-ethyl adjacent to an activating group) is 1. The second-order valence-corrected chi connectivity index (χ2v) is 11.8. The first-order valence-electron chi connectivity index (χ1n) is 10.3. The molecular formula is C25H18FI3N2O2S. The number of carbonyl (C=O) groups is 1. The maximum absolute atomic E-state index is 13.2. The van der Waals surface area contributed by atoms with Crippen LogP contribution in [0.3, 0.4) is 0 Å². The Balaban J connectivity index is 1.55. The summed E-state index contributed by atoms with van der Waals surface area (Å²) >= 11 is 8.15. The van der Waals surface area contributed by atoms with Crippen molar-refractivity contribution in [3.05, 3.63) is 93.2 Å². The van der Waals surface area contributed by atoms with Crippen LogP contribution in [-0.2, 0) is 11.4 Å². The van der Waals surface area contributed by atoms with Gasteiger partial charge in [-0.1, -0.05) is 12.1 Å². The van der Waals surface area contributed by atoms with Crippen LogP contribution >= 0.6 is 79.5 Å². The Morgan fingerprint density at radius 1 is 1.03 bits per heavy atom. The molecule has 0 aromatic heterocycles. The van der Waals surface area contributed by atoms with Gasteiger partial charge in [-0.2, -0.15) is 0 Å². The number of nitrogens with zero attached hydrogens (tertiary/aromatic N) is 2. The topological polar surface area (TPSA) is 41.9 Å². The Labute approximate surface area is 242 Å². The Kier molecular flexibility index (Phi) is 8.91. The molecular weight excluding hydrogens is 792 g/mol. The summed E-state index contributed by atoms with van der Waals surface area (Å²) in [7, 11) is 0. The number of carbonyl (C=O) groups excluding carboxylic acids is 1. The molecule has 9 heteroatoms. The smallest absolute Gasteiger partial charge is 0.266 e. The first kappa shape index (κ1) is 25.9. The number of halogens is 4. The molecule has 4 rings (SSSR count). The average molecular weight is 810 g/mol. The fourth-order valence-corrected chi connectivity index (χ4v) is 6.73. The van der Waals surface area contributed by atoms with E-state index in [-0.39, 0.29) is 11.7 Å². The number of aliphatic imine (C=N–C) groups is 1. The number of thioether (sulfide) groups is 1. The van der Waals surface area contributed by atoms with E-state index in [4.69, 9.17) is 4.74 Å². The van der Waals surface area contributed by atoms with Gasteiger partial charge in [0.1, 0.15) is 18.2 Å². The molecule has 1 aliphatic rings. The van der Waals surface area contributed by atoms with Crippen LogP contribution in [0.4, 0.5) is 10.1 Å². The van der Waals surface area contributed by atoms with Crippen molar-refractivity contribution in [1.29, 1.82) is 0 Å². The summed E-state index contributed by atoms with van der Waals surface area (Å²) in [6.45, 7) is 2.91. The standard InChI is InChI=1S/C25H18FI3N2O2S/c1-2-31-24(32)22(34-25(31)30-19-9-5-17(26)6-10-19)13-16-11-20(28)23(21(29)12-16)33-14-15-3-7-18(27)8-4-15/h3-13H,2,14H2,1H3/b22-13+,30-25?. The molecule has 174 valence electrons. The molecule has 0 saturated carbocycles. The van der Waals surface area contributed by atoms with Crippen molar-refractivity contribution in [3.63, 3.8) is 0 Å². The van der Waals surface area contributed by atoms with E-state index in [1.54, 1.807) is 17.0 Å². The second-order valence-electron chi connectivity index (χ2n) is 7.26. The number of benzene rings is 3. The van der Waals surface area contributed by atoms with Crippen molar-refractivity contribution in [2.75, 3.05) is 6.54 Å². The molecule has 0 bridgehead atoms. The molecule has 1 fully saturated rings. The molecule has 0 unspecified atom stereocenters. The predicted molar refractivity (Wildman–Crippen MR) is 162 cm³/mol. The van der Waals surface area contributed by atoms with Gasteiger partial charge in [0.25, 0.3) is 5.91 Å². The zero-order valence-electron chi connectivity index (χ0n) is 17.9. The van der Waals surface area contributed by atoms with E-state index in [2.05, 4.69) is 97.0 Å². The molecule has 4 nitrogen and oxygen atoms in total. The first-order valence-corrected chi connectivity index (χ1v) is 14.3. The van der Waals surface area contributed by atoms with Gasteiger partial charge in [0.15, 0.2) is 5.17 Å². The summed E-state index contributed by atoms with van der Waals surface area (Å²) in [5.74, 6) is 0.431. The van der Waals surface area contributed by atoms with E-state index in [0.29, 0.717) is 28.9 Å². The highest BCUT2D eigenvalue weighted by molar-refractivity contribution is 14.1. The van der Waals surface area contributed by atoms with Crippen molar-refractivity contribution in [2.24, 2.45) is 4.99 Å². The van der Waals surface area contributed by atoms with E-state index in [0.717, 1.165) is 24.0 Å². The normalized spacial score (nSPS) is 16.0. The van der Waals surface area contributed by atoms with Crippen molar-refractivity contribution in [1.82, 2.24) is 4.90 Å². The summed E-state index contributed by atoms with van der Waals surface area (Å²) in [6.07, 6.45) is 1.88. The quantitative estimate of drug-likeness (QED) is 0.188. The Morgan fingerprint density at radius 2 is 1.68 bits per heavy atom. The summed E-state index contributed by atoms with van der Waals surface area (Å²) in [5.41, 5.74) is 2.64. The molecule has 3 aromatic rings. The number of amidine groups is 1. The van der Waals surface area contributed by atoms with Gasteiger partial charge in [-0.3, -0.25) is 9.69 Å². The lowest BCUT2D eigenvalue weighted by Crippen LogP contribution is -2.28. The largest absolute Gasteiger partial charge is 0.487 e. The van der Waals surface area contributed by atoms with Gasteiger partial charge < -0.3 is 4.74 Å². The summed E-state index contributed by atoms with van der Waals surface area (Å²) in [6, 6.07) is 18.2. The number of ether oxygens (including phenoxy) is 1. The molecule has 0 aliphatic carbocycles. The van der Waals surface area contributed by atoms with Crippen molar-refractivity contribution >= 4 is 102 Å². The Bertz CT molecular complexity index is 1260. The second kappa shape index (κ2) is 11.7. The summed E-state index contributed by atoms with van der Waals surface area (Å²) in [4.78, 5) is 19.8. The lowest BCUT2D eigenvalue weighted by atomic mass is 10.2. The van der Waals surface area contributed by atoms with E-state index in [1.807, 2.05) is 25.1 Å². The molecule has 34 heavy (non-hydrogen) atoms. The van der Waals surface area contributed by atoms with Gasteiger partial charge in [0, 0.05) is 10.1 Å². The van der Waals surface area contributed by atoms with Crippen LogP contribution in [0, 0.1) is 16.5 Å². The highest BCUT2D eigenvalue weighted by Crippen LogP contribution is 2.36. The number of rotatable bonds is 6. The minimum atomic E-state index is -0.317. The zero-order valence-corrected chi connectivity index (χ0v) is 25.2. The molecule has 0 N–H and O–H groups in total. The fraction of sp³-hybridized carbons (Fsp3) is 0.120. The molecule has 0 atom stereocenters. The third kappa shape index (κ3) is 6.32. The highest BCUT2D eigenvalue weighted by Gasteiger charge is 2.32. The van der Waals surface area contributed by atoms with Crippen molar-refractivity contribution < 1.29 is 13.9 Å². The molecule has 1 aliphatic heterocycles. The van der Waals surface area contributed by atoms with Crippen LogP contribution in [0.2, 0.25) is 0 Å². The third-order valence-corrected chi connectivity index (χ3v) is 8.20. The number of amides is 1. The summed E-state index contributed by atoms with van der Waals surface area (Å²) < 4.78 is 22.5. The molecule has 1 saturated heterocycles. The molecule has 1 heterocycles. The van der Waals surface area contributed by atoms with Gasteiger partial charge in [-0.05, 0) is 152 Å². The third-order valence-electron chi connectivity index (χ3n) is 4.87. The van der Waals surface area contributed by atoms with E-state index < -0.39 is 0 Å². The van der Waals surface area contributed by atoms with E-state index in [9.17, 15) is 9.18 Å². The van der Waals surface area contributed by atoms with Crippen LogP contribution in [-0.4, -0.2) is 22.5 Å². The van der Waals surface area contributed by atoms with Crippen molar-refractivity contribution in [2.45, 2.75) is 13.5 Å². The fourth-order valence-electron chi connectivity index (χ4n) is 3.18. The van der Waals surface area contributed by atoms with Crippen LogP contribution in [0.25, 0.3) is 6.08 Å².